The number of ether oxygens (including phenoxy) is 3. The Morgan fingerprint density at radius 1 is 0.250 bits per heavy atom. The molecule has 0 radical (unpaired) electrons. The normalized spacial score (nSPS) is 12.0. The molecule has 0 aliphatic carbocycles. The van der Waals surface area contributed by atoms with Gasteiger partial charge in [-0.3, -0.25) is 14.4 Å². The van der Waals surface area contributed by atoms with Crippen molar-refractivity contribution in [3.63, 3.8) is 0 Å². The van der Waals surface area contributed by atoms with Gasteiger partial charge in [0.1, 0.15) is 13.2 Å². The van der Waals surface area contributed by atoms with Gasteiger partial charge in [-0.25, -0.2) is 0 Å². The number of unbranched alkanes of at least 4 members (excludes halogenated alkanes) is 49. The lowest BCUT2D eigenvalue weighted by molar-refractivity contribution is -0.167. The summed E-state index contributed by atoms with van der Waals surface area (Å²) in [6, 6.07) is 0. The summed E-state index contributed by atoms with van der Waals surface area (Å²) in [6.45, 7) is 11.5. The molecule has 76 heavy (non-hydrogen) atoms. The molecule has 0 fully saturated rings. The minimum absolute atomic E-state index is 0.0612. The zero-order valence-electron chi connectivity index (χ0n) is 52.4. The first-order chi connectivity index (χ1) is 37.2. The fourth-order valence-electron chi connectivity index (χ4n) is 11.0. The van der Waals surface area contributed by atoms with E-state index < -0.39 is 6.10 Å². The summed E-state index contributed by atoms with van der Waals surface area (Å²) in [6.07, 6.45) is 71.2. The molecule has 0 saturated carbocycles. The summed E-state index contributed by atoms with van der Waals surface area (Å²) in [4.78, 5) is 38.4. The molecule has 0 spiro atoms. The predicted octanol–water partition coefficient (Wildman–Crippen LogP) is 23.6. The molecule has 6 heteroatoms. The molecule has 0 N–H and O–H groups in total. The number of esters is 3. The monoisotopic (exact) mass is 1070 g/mol. The topological polar surface area (TPSA) is 78.9 Å². The number of hydrogen-bond acceptors (Lipinski definition) is 6. The third-order valence-electron chi connectivity index (χ3n) is 16.2. The van der Waals surface area contributed by atoms with Crippen LogP contribution in [0.15, 0.2) is 0 Å². The molecule has 0 aromatic carbocycles. The lowest BCUT2D eigenvalue weighted by Crippen LogP contribution is -2.30. The average Bonchev–Trinajstić information content (AvgIpc) is 3.40. The van der Waals surface area contributed by atoms with Crippen molar-refractivity contribution in [2.75, 3.05) is 13.2 Å². The minimum atomic E-state index is -0.764. The number of carbonyl (C=O) groups is 3. The van der Waals surface area contributed by atoms with Crippen molar-refractivity contribution in [1.82, 2.24) is 0 Å². The highest BCUT2D eigenvalue weighted by atomic mass is 16.6. The van der Waals surface area contributed by atoms with Crippen LogP contribution >= 0.6 is 0 Å². The van der Waals surface area contributed by atoms with Crippen LogP contribution in [0.2, 0.25) is 0 Å². The zero-order valence-corrected chi connectivity index (χ0v) is 52.4. The molecule has 0 heterocycles. The Labute approximate surface area is 476 Å². The van der Waals surface area contributed by atoms with Crippen molar-refractivity contribution in [3.05, 3.63) is 0 Å². The van der Waals surface area contributed by atoms with Crippen molar-refractivity contribution in [2.45, 2.75) is 407 Å². The van der Waals surface area contributed by atoms with Gasteiger partial charge >= 0.3 is 17.9 Å². The maximum absolute atomic E-state index is 12.9. The second-order valence-electron chi connectivity index (χ2n) is 25.1. The van der Waals surface area contributed by atoms with Crippen LogP contribution in [0, 0.1) is 11.8 Å². The Hall–Kier alpha value is -1.59. The van der Waals surface area contributed by atoms with Crippen molar-refractivity contribution in [2.24, 2.45) is 11.8 Å². The van der Waals surface area contributed by atoms with Crippen molar-refractivity contribution in [3.8, 4) is 0 Å². The first-order valence-corrected chi connectivity index (χ1v) is 34.7. The summed E-state index contributed by atoms with van der Waals surface area (Å²) in [5.41, 5.74) is 0. The van der Waals surface area contributed by atoms with Crippen LogP contribution in [0.25, 0.3) is 0 Å². The van der Waals surface area contributed by atoms with E-state index >= 15 is 0 Å². The van der Waals surface area contributed by atoms with Gasteiger partial charge in [0, 0.05) is 19.3 Å². The third kappa shape index (κ3) is 63.2. The molecule has 0 bridgehead atoms. The van der Waals surface area contributed by atoms with Gasteiger partial charge < -0.3 is 14.2 Å². The summed E-state index contributed by atoms with van der Waals surface area (Å²) in [5.74, 6) is 0.888. The fraction of sp³-hybridized carbons (Fsp3) is 0.957. The van der Waals surface area contributed by atoms with Crippen molar-refractivity contribution >= 4 is 17.9 Å². The minimum Gasteiger partial charge on any atom is -0.462 e. The molecule has 6 nitrogen and oxygen atoms in total. The third-order valence-corrected chi connectivity index (χ3v) is 16.2. The summed E-state index contributed by atoms with van der Waals surface area (Å²) >= 11 is 0. The second kappa shape index (κ2) is 62.6. The SMILES string of the molecule is CCCCCCCCCCCCCCCCCCCCC(=O)O[C@H](COC(=O)CCCCCCCCCCCCCCCCCCCCC(C)C)COC(=O)CCCCCCCCCCCCCCCCCCC(C)C. The number of hydrogen-bond donors (Lipinski definition) is 0. The quantitative estimate of drug-likeness (QED) is 0.0343. The van der Waals surface area contributed by atoms with E-state index in [4.69, 9.17) is 14.2 Å². The van der Waals surface area contributed by atoms with Crippen LogP contribution in [0.5, 0.6) is 0 Å². The molecule has 0 unspecified atom stereocenters. The Morgan fingerprint density at radius 3 is 0.645 bits per heavy atom. The van der Waals surface area contributed by atoms with Crippen molar-refractivity contribution in [1.29, 1.82) is 0 Å². The highest BCUT2D eigenvalue weighted by Crippen LogP contribution is 2.20. The van der Waals surface area contributed by atoms with Gasteiger partial charge in [-0.05, 0) is 31.1 Å². The van der Waals surface area contributed by atoms with Crippen LogP contribution in [0.4, 0.5) is 0 Å². The van der Waals surface area contributed by atoms with Gasteiger partial charge in [-0.2, -0.15) is 0 Å². The molecule has 0 aromatic heterocycles. The molecule has 0 rings (SSSR count). The van der Waals surface area contributed by atoms with Crippen LogP contribution in [-0.2, 0) is 28.6 Å². The molecule has 0 saturated heterocycles. The first-order valence-electron chi connectivity index (χ1n) is 34.7. The number of rotatable bonds is 64. The predicted molar refractivity (Wildman–Crippen MR) is 330 cm³/mol. The van der Waals surface area contributed by atoms with Crippen LogP contribution in [0.3, 0.4) is 0 Å². The zero-order chi connectivity index (χ0) is 55.3. The van der Waals surface area contributed by atoms with E-state index in [1.807, 2.05) is 0 Å². The van der Waals surface area contributed by atoms with Gasteiger partial charge in [0.2, 0.25) is 0 Å². The largest absolute Gasteiger partial charge is 0.462 e. The second-order valence-corrected chi connectivity index (χ2v) is 25.1. The maximum atomic E-state index is 12.9. The molecule has 452 valence electrons. The van der Waals surface area contributed by atoms with Gasteiger partial charge in [-0.1, -0.05) is 362 Å². The molecular formula is C70H136O6. The lowest BCUT2D eigenvalue weighted by atomic mass is 10.0. The summed E-state index contributed by atoms with van der Waals surface area (Å²) < 4.78 is 17.0. The Bertz CT molecular complexity index is 1170. The Morgan fingerprint density at radius 2 is 0.434 bits per heavy atom. The van der Waals surface area contributed by atoms with E-state index in [1.54, 1.807) is 0 Å². The van der Waals surface area contributed by atoms with E-state index in [0.717, 1.165) is 69.6 Å². The molecule has 0 aromatic rings. The lowest BCUT2D eigenvalue weighted by Gasteiger charge is -2.18. The van der Waals surface area contributed by atoms with Gasteiger partial charge in [0.25, 0.3) is 0 Å². The van der Waals surface area contributed by atoms with Gasteiger partial charge in [0.05, 0.1) is 0 Å². The number of carbonyl (C=O) groups excluding carboxylic acids is 3. The van der Waals surface area contributed by atoms with Gasteiger partial charge in [0.15, 0.2) is 6.10 Å². The molecular weight excluding hydrogens is 937 g/mol. The standard InChI is InChI=1S/C70H136O6/c1-6-7-8-9-10-11-12-13-14-15-19-27-32-37-42-47-52-57-62-70(73)76-67(64-75-69(72)61-56-51-46-41-36-31-26-22-21-24-29-34-39-44-49-54-59-66(4)5)63-74-68(71)60-55-50-45-40-35-30-25-20-17-16-18-23-28-33-38-43-48-53-58-65(2)3/h65-67H,6-64H2,1-5H3/t67-/m1/s1. The Kier molecular flexibility index (Phi) is 61.3. The van der Waals surface area contributed by atoms with E-state index in [-0.39, 0.29) is 31.1 Å². The average molecular weight is 1070 g/mol. The van der Waals surface area contributed by atoms with Gasteiger partial charge in [-0.15, -0.1) is 0 Å². The van der Waals surface area contributed by atoms with E-state index in [1.165, 1.54) is 289 Å². The highest BCUT2D eigenvalue weighted by molar-refractivity contribution is 5.71. The summed E-state index contributed by atoms with van der Waals surface area (Å²) in [7, 11) is 0. The highest BCUT2D eigenvalue weighted by Gasteiger charge is 2.20. The van der Waals surface area contributed by atoms with E-state index in [2.05, 4.69) is 34.6 Å². The molecule has 0 amide bonds. The first kappa shape index (κ1) is 74.4. The maximum Gasteiger partial charge on any atom is 0.306 e. The van der Waals surface area contributed by atoms with Crippen LogP contribution in [-0.4, -0.2) is 37.2 Å². The molecule has 0 aliphatic rings. The van der Waals surface area contributed by atoms with Crippen LogP contribution < -0.4 is 0 Å². The van der Waals surface area contributed by atoms with E-state index in [0.29, 0.717) is 19.3 Å². The summed E-state index contributed by atoms with van der Waals surface area (Å²) in [5, 5.41) is 0. The Balaban J connectivity index is 4.27. The molecule has 1 atom stereocenters. The smallest absolute Gasteiger partial charge is 0.306 e. The van der Waals surface area contributed by atoms with Crippen LogP contribution in [0.1, 0.15) is 401 Å². The molecule has 0 aliphatic heterocycles. The van der Waals surface area contributed by atoms with E-state index in [9.17, 15) is 14.4 Å². The fourth-order valence-corrected chi connectivity index (χ4v) is 11.0. The van der Waals surface area contributed by atoms with Crippen molar-refractivity contribution < 1.29 is 28.6 Å².